The fourth-order valence-corrected chi connectivity index (χ4v) is 2.42. The molecule has 1 N–H and O–H groups in total. The molecule has 0 radical (unpaired) electrons. The topological polar surface area (TPSA) is 24.9 Å². The average Bonchev–Trinajstić information content (AvgIpc) is 2.28. The molecule has 1 aromatic heterocycles. The summed E-state index contributed by atoms with van der Waals surface area (Å²) in [6, 6.07) is 8.14. The van der Waals surface area contributed by atoms with Gasteiger partial charge in [0.15, 0.2) is 0 Å². The average molecular weight is 356 g/mol. The van der Waals surface area contributed by atoms with Crippen LogP contribution in [-0.4, -0.2) is 4.98 Å². The lowest BCUT2D eigenvalue weighted by atomic mass is 10.2. The fraction of sp³-hybridized carbons (Fsp3) is 0.154. The minimum Gasteiger partial charge on any atom is -0.338 e. The van der Waals surface area contributed by atoms with Crippen molar-refractivity contribution in [1.82, 2.24) is 4.98 Å². The third-order valence-electron chi connectivity index (χ3n) is 2.42. The van der Waals surface area contributed by atoms with Crippen molar-refractivity contribution in [2.24, 2.45) is 0 Å². The summed E-state index contributed by atoms with van der Waals surface area (Å²) in [5.74, 6) is 0.821. The number of hydrogen-bond donors (Lipinski definition) is 1. The molecule has 2 aromatic rings. The second-order valence-electron chi connectivity index (χ2n) is 3.90. The Balaban J connectivity index is 2.35. The molecule has 0 amide bonds. The predicted octanol–water partition coefficient (Wildman–Crippen LogP) is 4.97. The van der Waals surface area contributed by atoms with E-state index in [-0.39, 0.29) is 0 Å². The summed E-state index contributed by atoms with van der Waals surface area (Å²) in [4.78, 5) is 4.37. The molecule has 0 saturated heterocycles. The summed E-state index contributed by atoms with van der Waals surface area (Å²) in [7, 11) is 0. The fourth-order valence-electron chi connectivity index (χ4n) is 1.50. The molecule has 0 saturated carbocycles. The number of pyridine rings is 1. The Morgan fingerprint density at radius 2 is 1.94 bits per heavy atom. The molecule has 2 nitrogen and oxygen atoms in total. The van der Waals surface area contributed by atoms with E-state index < -0.39 is 0 Å². The van der Waals surface area contributed by atoms with Crippen molar-refractivity contribution in [2.75, 3.05) is 5.32 Å². The van der Waals surface area contributed by atoms with Crippen LogP contribution < -0.4 is 5.32 Å². The van der Waals surface area contributed by atoms with Gasteiger partial charge in [-0.3, -0.25) is 0 Å². The van der Waals surface area contributed by atoms with Gasteiger partial charge in [-0.1, -0.05) is 12.1 Å². The number of benzene rings is 1. The van der Waals surface area contributed by atoms with E-state index in [0.29, 0.717) is 0 Å². The molecule has 0 aliphatic heterocycles. The van der Waals surface area contributed by atoms with Gasteiger partial charge in [0.05, 0.1) is 10.2 Å². The lowest BCUT2D eigenvalue weighted by Crippen LogP contribution is -1.96. The maximum Gasteiger partial charge on any atom is 0.144 e. The zero-order chi connectivity index (χ0) is 12.4. The van der Waals surface area contributed by atoms with Gasteiger partial charge in [0.25, 0.3) is 0 Å². The first-order valence-electron chi connectivity index (χ1n) is 5.22. The van der Waals surface area contributed by atoms with Crippen LogP contribution in [0, 0.1) is 13.8 Å². The van der Waals surface area contributed by atoms with E-state index in [4.69, 9.17) is 0 Å². The molecule has 0 fully saturated rings. The number of aromatic nitrogens is 1. The molecule has 0 spiro atoms. The summed E-state index contributed by atoms with van der Waals surface area (Å²) < 4.78 is 2.03. The van der Waals surface area contributed by atoms with Crippen molar-refractivity contribution in [3.63, 3.8) is 0 Å². The standard InChI is InChI=1S/C13H12Br2N2/c1-8-6-10(14)13(16-7-8)17-11-5-3-4-9(2)12(11)15/h3-7H,1-2H3,(H,16,17). The van der Waals surface area contributed by atoms with E-state index in [1.807, 2.05) is 31.3 Å². The van der Waals surface area contributed by atoms with Gasteiger partial charge in [0.1, 0.15) is 5.82 Å². The smallest absolute Gasteiger partial charge is 0.144 e. The summed E-state index contributed by atoms with van der Waals surface area (Å²) in [5, 5.41) is 3.30. The number of anilines is 2. The van der Waals surface area contributed by atoms with E-state index in [2.05, 4.69) is 55.2 Å². The zero-order valence-electron chi connectivity index (χ0n) is 9.59. The maximum absolute atomic E-state index is 4.37. The third kappa shape index (κ3) is 2.87. The van der Waals surface area contributed by atoms with Crippen LogP contribution in [0.25, 0.3) is 0 Å². The van der Waals surface area contributed by atoms with Gasteiger partial charge in [-0.2, -0.15) is 0 Å². The Bertz CT molecular complexity index is 553. The maximum atomic E-state index is 4.37. The first kappa shape index (κ1) is 12.6. The number of nitrogens with one attached hydrogen (secondary N) is 1. The van der Waals surface area contributed by atoms with Crippen molar-refractivity contribution in [2.45, 2.75) is 13.8 Å². The normalized spacial score (nSPS) is 10.4. The Morgan fingerprint density at radius 3 is 2.65 bits per heavy atom. The first-order chi connectivity index (χ1) is 8.08. The SMILES string of the molecule is Cc1cnc(Nc2cccc(C)c2Br)c(Br)c1. The minimum atomic E-state index is 0.821. The molecule has 0 aliphatic rings. The number of nitrogens with zero attached hydrogens (tertiary/aromatic N) is 1. The van der Waals surface area contributed by atoms with E-state index in [1.54, 1.807) is 0 Å². The first-order valence-corrected chi connectivity index (χ1v) is 6.81. The van der Waals surface area contributed by atoms with Crippen molar-refractivity contribution < 1.29 is 0 Å². The number of halogens is 2. The monoisotopic (exact) mass is 354 g/mol. The highest BCUT2D eigenvalue weighted by Crippen LogP contribution is 2.30. The molecule has 0 aliphatic carbocycles. The van der Waals surface area contributed by atoms with Crippen LogP contribution in [0.1, 0.15) is 11.1 Å². The molecule has 0 unspecified atom stereocenters. The molecule has 1 aromatic carbocycles. The molecule has 0 bridgehead atoms. The van der Waals surface area contributed by atoms with Gasteiger partial charge in [-0.05, 0) is 69.0 Å². The van der Waals surface area contributed by atoms with Crippen LogP contribution >= 0.6 is 31.9 Å². The van der Waals surface area contributed by atoms with Gasteiger partial charge in [-0.25, -0.2) is 4.98 Å². The van der Waals surface area contributed by atoms with Gasteiger partial charge in [-0.15, -0.1) is 0 Å². The van der Waals surface area contributed by atoms with Gasteiger partial charge < -0.3 is 5.32 Å². The van der Waals surface area contributed by atoms with Crippen LogP contribution in [0.2, 0.25) is 0 Å². The zero-order valence-corrected chi connectivity index (χ0v) is 12.8. The highest BCUT2D eigenvalue weighted by Gasteiger charge is 2.06. The van der Waals surface area contributed by atoms with Crippen molar-refractivity contribution in [3.05, 3.63) is 50.5 Å². The van der Waals surface area contributed by atoms with E-state index in [9.17, 15) is 0 Å². The lowest BCUT2D eigenvalue weighted by molar-refractivity contribution is 1.24. The number of hydrogen-bond acceptors (Lipinski definition) is 2. The molecule has 1 heterocycles. The Hall–Kier alpha value is -0.870. The highest BCUT2D eigenvalue weighted by atomic mass is 79.9. The van der Waals surface area contributed by atoms with Crippen LogP contribution in [-0.2, 0) is 0 Å². The Morgan fingerprint density at radius 1 is 1.18 bits per heavy atom. The largest absolute Gasteiger partial charge is 0.338 e. The molecular formula is C13H12Br2N2. The van der Waals surface area contributed by atoms with Crippen molar-refractivity contribution >= 4 is 43.4 Å². The number of rotatable bonds is 2. The highest BCUT2D eigenvalue weighted by molar-refractivity contribution is 9.11. The minimum absolute atomic E-state index is 0.821. The van der Waals surface area contributed by atoms with Gasteiger partial charge >= 0.3 is 0 Å². The third-order valence-corrected chi connectivity index (χ3v) is 4.08. The predicted molar refractivity (Wildman–Crippen MR) is 78.8 cm³/mol. The summed E-state index contributed by atoms with van der Waals surface area (Å²) in [6.45, 7) is 4.08. The summed E-state index contributed by atoms with van der Waals surface area (Å²) in [6.07, 6.45) is 1.84. The molecule has 17 heavy (non-hydrogen) atoms. The van der Waals surface area contributed by atoms with E-state index in [1.165, 1.54) is 5.56 Å². The molecule has 88 valence electrons. The Labute approximate surface area is 118 Å². The lowest BCUT2D eigenvalue weighted by Gasteiger charge is -2.11. The van der Waals surface area contributed by atoms with Crippen LogP contribution in [0.5, 0.6) is 0 Å². The van der Waals surface area contributed by atoms with E-state index >= 15 is 0 Å². The van der Waals surface area contributed by atoms with Crippen molar-refractivity contribution in [3.8, 4) is 0 Å². The number of aryl methyl sites for hydroxylation is 2. The Kier molecular flexibility index (Phi) is 3.84. The van der Waals surface area contributed by atoms with E-state index in [0.717, 1.165) is 26.0 Å². The van der Waals surface area contributed by atoms with Crippen LogP contribution in [0.4, 0.5) is 11.5 Å². The molecule has 2 rings (SSSR count). The van der Waals surface area contributed by atoms with Crippen LogP contribution in [0.3, 0.4) is 0 Å². The molecule has 4 heteroatoms. The quantitative estimate of drug-likeness (QED) is 0.822. The van der Waals surface area contributed by atoms with Gasteiger partial charge in [0.2, 0.25) is 0 Å². The van der Waals surface area contributed by atoms with Crippen LogP contribution in [0.15, 0.2) is 39.4 Å². The van der Waals surface area contributed by atoms with Crippen molar-refractivity contribution in [1.29, 1.82) is 0 Å². The molecular weight excluding hydrogens is 344 g/mol. The molecule has 0 atom stereocenters. The summed E-state index contributed by atoms with van der Waals surface area (Å²) in [5.41, 5.74) is 3.34. The summed E-state index contributed by atoms with van der Waals surface area (Å²) >= 11 is 7.08. The second kappa shape index (κ2) is 5.19. The second-order valence-corrected chi connectivity index (χ2v) is 5.55. The van der Waals surface area contributed by atoms with Gasteiger partial charge in [0, 0.05) is 10.7 Å².